The molecule has 5 rings (SSSR count). The van der Waals surface area contributed by atoms with Gasteiger partial charge in [0.2, 0.25) is 0 Å². The lowest BCUT2D eigenvalue weighted by atomic mass is 10.1. The van der Waals surface area contributed by atoms with Crippen LogP contribution in [0.3, 0.4) is 0 Å². The molecule has 0 radical (unpaired) electrons. The second-order valence-corrected chi connectivity index (χ2v) is 9.57. The average molecular weight is 482 g/mol. The molecule has 0 aliphatic carbocycles. The summed E-state index contributed by atoms with van der Waals surface area (Å²) in [6.45, 7) is 7.18. The number of nitrogens with zero attached hydrogens (tertiary/aromatic N) is 5. The van der Waals surface area contributed by atoms with E-state index in [9.17, 15) is 0 Å². The van der Waals surface area contributed by atoms with E-state index >= 15 is 0 Å². The first-order valence-corrected chi connectivity index (χ1v) is 12.6. The maximum Gasteiger partial charge on any atom is 0.119 e. The number of hydrogen-bond donors (Lipinski definition) is 0. The molecule has 6 nitrogen and oxygen atoms in total. The number of methoxy groups -OCH3 is 1. The molecule has 0 atom stereocenters. The van der Waals surface area contributed by atoms with Crippen molar-refractivity contribution in [1.29, 1.82) is 0 Å². The summed E-state index contributed by atoms with van der Waals surface area (Å²) in [5, 5.41) is 4.34. The molecule has 186 valence electrons. The molecule has 0 saturated carbocycles. The largest absolute Gasteiger partial charge is 0.497 e. The highest BCUT2D eigenvalue weighted by Crippen LogP contribution is 2.24. The van der Waals surface area contributed by atoms with E-state index in [2.05, 4.69) is 93.6 Å². The summed E-state index contributed by atoms with van der Waals surface area (Å²) in [4.78, 5) is 7.37. The summed E-state index contributed by atoms with van der Waals surface area (Å²) in [5.41, 5.74) is 6.14. The van der Waals surface area contributed by atoms with Crippen molar-refractivity contribution in [3.05, 3.63) is 108 Å². The molecule has 4 aromatic rings. The lowest BCUT2D eigenvalue weighted by molar-refractivity contribution is 0.148. The molecule has 1 saturated heterocycles. The van der Waals surface area contributed by atoms with Crippen LogP contribution in [0.5, 0.6) is 5.75 Å². The lowest BCUT2D eigenvalue weighted by Crippen LogP contribution is -2.43. The van der Waals surface area contributed by atoms with Crippen molar-refractivity contribution in [3.63, 3.8) is 0 Å². The molecule has 1 aliphatic heterocycles. The molecule has 0 bridgehead atoms. The number of piperazine rings is 1. The number of hydrogen-bond acceptors (Lipinski definition) is 5. The van der Waals surface area contributed by atoms with Gasteiger partial charge in [-0.2, -0.15) is 5.10 Å². The maximum atomic E-state index is 5.47. The molecule has 6 heteroatoms. The predicted molar refractivity (Wildman–Crippen MR) is 146 cm³/mol. The molecule has 0 unspecified atom stereocenters. The fourth-order valence-electron chi connectivity index (χ4n) is 4.70. The summed E-state index contributed by atoms with van der Waals surface area (Å²) < 4.78 is 7.35. The molecule has 0 amide bonds. The first-order chi connectivity index (χ1) is 17.7. The van der Waals surface area contributed by atoms with Crippen molar-refractivity contribution in [3.8, 4) is 11.4 Å². The Morgan fingerprint density at radius 2 is 1.53 bits per heavy atom. The predicted octanol–water partition coefficient (Wildman–Crippen LogP) is 4.84. The lowest BCUT2D eigenvalue weighted by Gasteiger charge is -2.32. The molecule has 0 N–H and O–H groups in total. The van der Waals surface area contributed by atoms with E-state index in [0.717, 1.165) is 57.3 Å². The number of rotatable bonds is 9. The Balaban J connectivity index is 1.33. The van der Waals surface area contributed by atoms with Gasteiger partial charge in [-0.3, -0.25) is 4.90 Å². The van der Waals surface area contributed by atoms with Gasteiger partial charge in [-0.1, -0.05) is 36.4 Å². The molecular weight excluding hydrogens is 446 g/mol. The van der Waals surface area contributed by atoms with Crippen molar-refractivity contribution in [2.45, 2.75) is 19.6 Å². The highest BCUT2D eigenvalue weighted by atomic mass is 16.5. The van der Waals surface area contributed by atoms with Gasteiger partial charge in [0.15, 0.2) is 0 Å². The topological polar surface area (TPSA) is 36.8 Å². The van der Waals surface area contributed by atoms with Crippen molar-refractivity contribution in [1.82, 2.24) is 19.6 Å². The van der Waals surface area contributed by atoms with Crippen molar-refractivity contribution in [2.24, 2.45) is 0 Å². The first kappa shape index (κ1) is 24.1. The van der Waals surface area contributed by atoms with Crippen molar-refractivity contribution >= 4 is 5.69 Å². The molecular formula is C30H35N5O. The SMILES string of the molecule is COc1cccc(CN(Cc2ccc(-n3cccn3)cc2)c2ccc(CN3CCN(C)CC3)cc2)c1. The Labute approximate surface area is 214 Å². The van der Waals surface area contributed by atoms with E-state index in [-0.39, 0.29) is 0 Å². The molecule has 0 spiro atoms. The summed E-state index contributed by atoms with van der Waals surface area (Å²) in [6, 6.07) is 28.0. The van der Waals surface area contributed by atoms with E-state index in [1.165, 1.54) is 22.4 Å². The van der Waals surface area contributed by atoms with Crippen LogP contribution in [0.25, 0.3) is 5.69 Å². The van der Waals surface area contributed by atoms with Gasteiger partial charge in [0.05, 0.1) is 12.8 Å². The van der Waals surface area contributed by atoms with Gasteiger partial charge in [0.25, 0.3) is 0 Å². The fraction of sp³-hybridized carbons (Fsp3) is 0.300. The summed E-state index contributed by atoms with van der Waals surface area (Å²) in [7, 11) is 3.92. The highest BCUT2D eigenvalue weighted by Gasteiger charge is 2.15. The number of aromatic nitrogens is 2. The Hall–Kier alpha value is -3.61. The Morgan fingerprint density at radius 1 is 0.806 bits per heavy atom. The number of likely N-dealkylation sites (N-methyl/N-ethyl adjacent to an activating group) is 1. The van der Waals surface area contributed by atoms with Crippen molar-refractivity contribution in [2.75, 3.05) is 45.2 Å². The third-order valence-corrected chi connectivity index (χ3v) is 6.89. The summed E-state index contributed by atoms with van der Waals surface area (Å²) >= 11 is 0. The first-order valence-electron chi connectivity index (χ1n) is 12.6. The number of anilines is 1. The smallest absolute Gasteiger partial charge is 0.119 e. The second-order valence-electron chi connectivity index (χ2n) is 9.57. The third kappa shape index (κ3) is 6.14. The second kappa shape index (κ2) is 11.4. The fourth-order valence-corrected chi connectivity index (χ4v) is 4.70. The van der Waals surface area contributed by atoms with E-state index in [4.69, 9.17) is 4.74 Å². The molecule has 3 aromatic carbocycles. The minimum atomic E-state index is 0.802. The quantitative estimate of drug-likeness (QED) is 0.342. The summed E-state index contributed by atoms with van der Waals surface area (Å²) in [5.74, 6) is 0.888. The molecule has 36 heavy (non-hydrogen) atoms. The minimum absolute atomic E-state index is 0.802. The van der Waals surface area contributed by atoms with Crippen LogP contribution >= 0.6 is 0 Å². The number of benzene rings is 3. The Bertz CT molecular complexity index is 1210. The highest BCUT2D eigenvalue weighted by molar-refractivity contribution is 5.49. The van der Waals surface area contributed by atoms with Crippen LogP contribution in [0.1, 0.15) is 16.7 Å². The van der Waals surface area contributed by atoms with Crippen LogP contribution in [-0.4, -0.2) is 59.9 Å². The van der Waals surface area contributed by atoms with Crippen LogP contribution in [0, 0.1) is 0 Å². The molecule has 1 aromatic heterocycles. The van der Waals surface area contributed by atoms with Crippen LogP contribution < -0.4 is 9.64 Å². The normalized spacial score (nSPS) is 14.6. The summed E-state index contributed by atoms with van der Waals surface area (Å²) in [6.07, 6.45) is 3.77. The van der Waals surface area contributed by atoms with Gasteiger partial charge < -0.3 is 14.5 Å². The van der Waals surface area contributed by atoms with E-state index in [1.54, 1.807) is 13.3 Å². The van der Waals surface area contributed by atoms with Gasteiger partial charge in [-0.25, -0.2) is 4.68 Å². The minimum Gasteiger partial charge on any atom is -0.497 e. The zero-order valence-corrected chi connectivity index (χ0v) is 21.3. The van der Waals surface area contributed by atoms with Gasteiger partial charge in [0, 0.05) is 63.9 Å². The van der Waals surface area contributed by atoms with E-state index in [0.29, 0.717) is 0 Å². The van der Waals surface area contributed by atoms with E-state index in [1.807, 2.05) is 23.0 Å². The third-order valence-electron chi connectivity index (χ3n) is 6.89. The standard InChI is InChI=1S/C30H35N5O/c1-32-17-19-33(20-18-32)22-25-7-11-28(12-8-25)34(24-27-5-3-6-30(21-27)36-2)23-26-9-13-29(14-10-26)35-16-4-15-31-35/h3-16,21H,17-20,22-24H2,1-2H3. The average Bonchev–Trinajstić information content (AvgIpc) is 3.46. The van der Waals surface area contributed by atoms with Crippen LogP contribution in [0.4, 0.5) is 5.69 Å². The van der Waals surface area contributed by atoms with Crippen LogP contribution in [0.2, 0.25) is 0 Å². The van der Waals surface area contributed by atoms with Crippen LogP contribution in [0.15, 0.2) is 91.3 Å². The van der Waals surface area contributed by atoms with Gasteiger partial charge in [0.1, 0.15) is 5.75 Å². The van der Waals surface area contributed by atoms with Crippen LogP contribution in [-0.2, 0) is 19.6 Å². The van der Waals surface area contributed by atoms with E-state index < -0.39 is 0 Å². The van der Waals surface area contributed by atoms with Gasteiger partial charge in [-0.15, -0.1) is 0 Å². The Kier molecular flexibility index (Phi) is 7.64. The molecule has 1 aliphatic rings. The zero-order valence-electron chi connectivity index (χ0n) is 21.3. The van der Waals surface area contributed by atoms with Gasteiger partial charge >= 0.3 is 0 Å². The maximum absolute atomic E-state index is 5.47. The monoisotopic (exact) mass is 481 g/mol. The number of ether oxygens (including phenoxy) is 1. The zero-order chi connectivity index (χ0) is 24.7. The molecule has 1 fully saturated rings. The van der Waals surface area contributed by atoms with Crippen molar-refractivity contribution < 1.29 is 4.74 Å². The molecule has 2 heterocycles. The Morgan fingerprint density at radius 3 is 2.22 bits per heavy atom. The van der Waals surface area contributed by atoms with Gasteiger partial charge in [-0.05, 0) is 66.2 Å².